The Balaban J connectivity index is 1.76. The topological polar surface area (TPSA) is 93.0 Å². The number of fused-ring (bicyclic) bond motifs is 3. The van der Waals surface area contributed by atoms with Gasteiger partial charge in [0.05, 0.1) is 11.3 Å². The molecule has 2 aromatic rings. The van der Waals surface area contributed by atoms with E-state index in [1.165, 1.54) is 15.9 Å². The molecule has 0 bridgehead atoms. The Morgan fingerprint density at radius 1 is 1.39 bits per heavy atom. The van der Waals surface area contributed by atoms with Crippen molar-refractivity contribution < 1.29 is 23.6 Å². The van der Waals surface area contributed by atoms with Gasteiger partial charge < -0.3 is 14.2 Å². The van der Waals surface area contributed by atoms with E-state index in [0.717, 1.165) is 0 Å². The first kappa shape index (κ1) is 18.0. The van der Waals surface area contributed by atoms with E-state index in [2.05, 4.69) is 11.7 Å². The highest BCUT2D eigenvalue weighted by atomic mass is 16.5. The lowest BCUT2D eigenvalue weighted by Gasteiger charge is -2.48. The van der Waals surface area contributed by atoms with Crippen LogP contribution in [0.2, 0.25) is 0 Å². The van der Waals surface area contributed by atoms with Gasteiger partial charge in [-0.1, -0.05) is 23.4 Å². The second-order valence-corrected chi connectivity index (χ2v) is 6.77. The molecular weight excluding hydrogens is 362 g/mol. The van der Waals surface area contributed by atoms with E-state index in [-0.39, 0.29) is 37.8 Å². The molecule has 1 aromatic heterocycles. The summed E-state index contributed by atoms with van der Waals surface area (Å²) in [6.07, 6.45) is 1.81. The van der Waals surface area contributed by atoms with E-state index < -0.39 is 11.6 Å². The molecule has 4 rings (SSSR count). The van der Waals surface area contributed by atoms with Gasteiger partial charge in [-0.05, 0) is 19.1 Å². The molecule has 2 aliphatic heterocycles. The first-order valence-electron chi connectivity index (χ1n) is 8.93. The zero-order chi connectivity index (χ0) is 19.9. The number of hydrogen-bond acceptors (Lipinski definition) is 6. The van der Waals surface area contributed by atoms with Crippen molar-refractivity contribution >= 4 is 23.5 Å². The van der Waals surface area contributed by atoms with Gasteiger partial charge in [0, 0.05) is 25.5 Å². The van der Waals surface area contributed by atoms with Crippen LogP contribution in [0.1, 0.15) is 34.7 Å². The first-order valence-corrected chi connectivity index (χ1v) is 8.93. The van der Waals surface area contributed by atoms with Crippen LogP contribution < -0.4 is 4.90 Å². The Hall–Kier alpha value is -3.42. The Labute approximate surface area is 161 Å². The average Bonchev–Trinajstić information content (AvgIpc) is 3.27. The molecule has 8 nitrogen and oxygen atoms in total. The summed E-state index contributed by atoms with van der Waals surface area (Å²) in [5.41, 5.74) is -0.286. The summed E-state index contributed by atoms with van der Waals surface area (Å²) in [5, 5.41) is 3.81. The summed E-state index contributed by atoms with van der Waals surface area (Å²) in [4.78, 5) is 41.9. The summed E-state index contributed by atoms with van der Waals surface area (Å²) in [7, 11) is 0. The lowest BCUT2D eigenvalue weighted by atomic mass is 9.96. The van der Waals surface area contributed by atoms with Crippen molar-refractivity contribution in [1.29, 1.82) is 0 Å². The minimum atomic E-state index is -1.53. The first-order chi connectivity index (χ1) is 13.5. The van der Waals surface area contributed by atoms with Crippen LogP contribution in [0.15, 0.2) is 47.5 Å². The third-order valence-corrected chi connectivity index (χ3v) is 5.04. The van der Waals surface area contributed by atoms with E-state index in [9.17, 15) is 14.4 Å². The number of esters is 1. The molecule has 0 N–H and O–H groups in total. The number of carbonyl (C=O) groups is 3. The minimum Gasteiger partial charge on any atom is -0.456 e. The van der Waals surface area contributed by atoms with Gasteiger partial charge in [0.1, 0.15) is 18.1 Å². The molecule has 144 valence electrons. The van der Waals surface area contributed by atoms with Gasteiger partial charge in [0.25, 0.3) is 5.91 Å². The molecule has 2 aliphatic rings. The van der Waals surface area contributed by atoms with Crippen LogP contribution in [-0.2, 0) is 20.9 Å². The van der Waals surface area contributed by atoms with Crippen LogP contribution in [0.4, 0.5) is 5.69 Å². The van der Waals surface area contributed by atoms with Crippen molar-refractivity contribution in [2.45, 2.75) is 32.0 Å². The van der Waals surface area contributed by atoms with Gasteiger partial charge in [0.2, 0.25) is 11.6 Å². The number of aromatic nitrogens is 1. The highest BCUT2D eigenvalue weighted by molar-refractivity contribution is 6.15. The Kier molecular flexibility index (Phi) is 4.26. The molecule has 1 atom stereocenters. The fourth-order valence-corrected chi connectivity index (χ4v) is 3.87. The lowest BCUT2D eigenvalue weighted by Crippen LogP contribution is -2.68. The van der Waals surface area contributed by atoms with Gasteiger partial charge in [-0.3, -0.25) is 14.5 Å². The van der Waals surface area contributed by atoms with Gasteiger partial charge in [-0.2, -0.15) is 0 Å². The van der Waals surface area contributed by atoms with Crippen molar-refractivity contribution in [3.05, 3.63) is 60.0 Å². The number of ether oxygens (including phenoxy) is 1. The Morgan fingerprint density at radius 3 is 2.89 bits per heavy atom. The van der Waals surface area contributed by atoms with E-state index in [0.29, 0.717) is 22.7 Å². The molecule has 1 aromatic carbocycles. The average molecular weight is 381 g/mol. The van der Waals surface area contributed by atoms with Gasteiger partial charge in [-0.25, -0.2) is 4.79 Å². The van der Waals surface area contributed by atoms with Gasteiger partial charge in [-0.15, -0.1) is 6.58 Å². The van der Waals surface area contributed by atoms with E-state index in [1.54, 1.807) is 37.3 Å². The maximum Gasteiger partial charge on any atom is 0.354 e. The molecule has 0 spiro atoms. The van der Waals surface area contributed by atoms with Crippen LogP contribution in [0.25, 0.3) is 0 Å². The molecule has 28 heavy (non-hydrogen) atoms. The molecule has 0 saturated carbocycles. The molecule has 1 saturated heterocycles. The smallest absolute Gasteiger partial charge is 0.354 e. The number of carbonyl (C=O) groups excluding carboxylic acids is 3. The monoisotopic (exact) mass is 381 g/mol. The number of amides is 2. The summed E-state index contributed by atoms with van der Waals surface area (Å²) in [5.74, 6) is -0.653. The molecule has 3 heterocycles. The van der Waals surface area contributed by atoms with E-state index in [4.69, 9.17) is 9.26 Å². The van der Waals surface area contributed by atoms with Crippen molar-refractivity contribution in [2.75, 3.05) is 11.4 Å². The van der Waals surface area contributed by atoms with Crippen LogP contribution >= 0.6 is 0 Å². The largest absolute Gasteiger partial charge is 0.456 e. The summed E-state index contributed by atoms with van der Waals surface area (Å²) in [6, 6.07) is 8.43. The van der Waals surface area contributed by atoms with Crippen molar-refractivity contribution in [3.63, 3.8) is 0 Å². The zero-order valence-electron chi connectivity index (χ0n) is 15.4. The highest BCUT2D eigenvalue weighted by Gasteiger charge is 2.61. The van der Waals surface area contributed by atoms with Crippen molar-refractivity contribution in [1.82, 2.24) is 10.1 Å². The van der Waals surface area contributed by atoms with Crippen molar-refractivity contribution in [2.24, 2.45) is 0 Å². The quantitative estimate of drug-likeness (QED) is 0.582. The number of aryl methyl sites for hydroxylation is 1. The summed E-state index contributed by atoms with van der Waals surface area (Å²) >= 11 is 0. The molecule has 0 unspecified atom stereocenters. The number of benzene rings is 1. The molecule has 8 heteroatoms. The predicted octanol–water partition coefficient (Wildman–Crippen LogP) is 2.19. The molecule has 0 aliphatic carbocycles. The predicted molar refractivity (Wildman–Crippen MR) is 98.2 cm³/mol. The van der Waals surface area contributed by atoms with Crippen LogP contribution in [-0.4, -0.2) is 40.0 Å². The minimum absolute atomic E-state index is 0.106. The summed E-state index contributed by atoms with van der Waals surface area (Å²) < 4.78 is 10.5. The molecule has 0 radical (unpaired) electrons. The fraction of sp³-hybridized carbons (Fsp3) is 0.300. The normalized spacial score (nSPS) is 20.8. The highest BCUT2D eigenvalue weighted by Crippen LogP contribution is 2.45. The van der Waals surface area contributed by atoms with Gasteiger partial charge in [0.15, 0.2) is 0 Å². The number of rotatable bonds is 5. The maximum atomic E-state index is 13.3. The number of anilines is 1. The third kappa shape index (κ3) is 2.52. The fourth-order valence-electron chi connectivity index (χ4n) is 3.87. The number of para-hydroxylation sites is 1. The third-order valence-electron chi connectivity index (χ3n) is 5.04. The summed E-state index contributed by atoms with van der Waals surface area (Å²) in [6.45, 7) is 5.42. The van der Waals surface area contributed by atoms with Gasteiger partial charge >= 0.3 is 5.97 Å². The SMILES string of the molecule is C=CCN1C(=O)c2ccccc2N2C(=O)CC[C@]12C(=O)OCc1cc(C)on1. The second-order valence-electron chi connectivity index (χ2n) is 6.77. The Morgan fingerprint density at radius 2 is 2.18 bits per heavy atom. The second kappa shape index (κ2) is 6.63. The van der Waals surface area contributed by atoms with E-state index in [1.807, 2.05) is 0 Å². The zero-order valence-corrected chi connectivity index (χ0v) is 15.4. The van der Waals surface area contributed by atoms with Crippen molar-refractivity contribution in [3.8, 4) is 0 Å². The van der Waals surface area contributed by atoms with E-state index >= 15 is 0 Å². The van der Waals surface area contributed by atoms with Crippen LogP contribution in [0.3, 0.4) is 0 Å². The van der Waals surface area contributed by atoms with Crippen LogP contribution in [0, 0.1) is 6.92 Å². The molecule has 1 fully saturated rings. The molecular formula is C20H19N3O5. The lowest BCUT2D eigenvalue weighted by molar-refractivity contribution is -0.158. The Bertz CT molecular complexity index is 982. The number of hydrogen-bond donors (Lipinski definition) is 0. The number of nitrogens with zero attached hydrogens (tertiary/aromatic N) is 3. The molecule has 2 amide bonds. The standard InChI is InChI=1S/C20H19N3O5/c1-3-10-22-18(25)15-6-4-5-7-16(15)23-17(24)8-9-20(22,23)19(26)27-12-14-11-13(2)28-21-14/h3-7,11H,1,8-10,12H2,2H3/t20-/m0/s1. The van der Waals surface area contributed by atoms with Crippen LogP contribution in [0.5, 0.6) is 0 Å². The maximum absolute atomic E-state index is 13.3.